The van der Waals surface area contributed by atoms with Crippen molar-refractivity contribution in [1.82, 2.24) is 5.32 Å². The molecule has 1 saturated carbocycles. The van der Waals surface area contributed by atoms with Crippen molar-refractivity contribution in [1.29, 1.82) is 0 Å². The molecule has 1 amide bonds. The molecule has 1 fully saturated rings. The average Bonchev–Trinajstić information content (AvgIpc) is 2.05. The summed E-state index contributed by atoms with van der Waals surface area (Å²) in [5, 5.41) is 2.95. The summed E-state index contributed by atoms with van der Waals surface area (Å²) in [5.41, 5.74) is 5.56. The number of nitrogens with one attached hydrogen (secondary N) is 1. The van der Waals surface area contributed by atoms with Crippen molar-refractivity contribution in [3.8, 4) is 0 Å². The molecule has 0 saturated heterocycles. The third-order valence-electron chi connectivity index (χ3n) is 2.59. The molecule has 0 heterocycles. The highest BCUT2D eigenvalue weighted by Gasteiger charge is 2.20. The third kappa shape index (κ3) is 2.81. The summed E-state index contributed by atoms with van der Waals surface area (Å²) in [6.45, 7) is 2.38. The van der Waals surface area contributed by atoms with E-state index in [0.29, 0.717) is 12.0 Å². The molecule has 0 aromatic carbocycles. The Hall–Kier alpha value is -0.570. The fourth-order valence-corrected chi connectivity index (χ4v) is 1.83. The molecule has 0 spiro atoms. The summed E-state index contributed by atoms with van der Waals surface area (Å²) in [5.74, 6) is 0.779. The van der Waals surface area contributed by atoms with Crippen molar-refractivity contribution in [2.75, 3.05) is 6.54 Å². The van der Waals surface area contributed by atoms with Crippen molar-refractivity contribution < 1.29 is 4.79 Å². The molecule has 0 aromatic rings. The topological polar surface area (TPSA) is 55.1 Å². The molecule has 0 aliphatic heterocycles. The molecule has 0 bridgehead atoms. The van der Waals surface area contributed by atoms with Crippen LogP contribution < -0.4 is 11.1 Å². The van der Waals surface area contributed by atoms with Crippen molar-refractivity contribution in [2.24, 2.45) is 11.7 Å². The lowest BCUT2D eigenvalue weighted by atomic mass is 9.86. The molecule has 1 aliphatic rings. The van der Waals surface area contributed by atoms with Gasteiger partial charge >= 0.3 is 0 Å². The molecule has 0 atom stereocenters. The van der Waals surface area contributed by atoms with Crippen LogP contribution in [0.15, 0.2) is 0 Å². The fraction of sp³-hybridized carbons (Fsp3) is 0.889. The predicted octanol–water partition coefficient (Wildman–Crippen LogP) is 0.640. The fourth-order valence-electron chi connectivity index (χ4n) is 1.83. The molecule has 0 radical (unpaired) electrons. The molecule has 1 aliphatic carbocycles. The Morgan fingerprint density at radius 3 is 2.42 bits per heavy atom. The molecule has 70 valence electrons. The van der Waals surface area contributed by atoms with Crippen molar-refractivity contribution in [3.05, 3.63) is 0 Å². The first-order valence-corrected chi connectivity index (χ1v) is 4.69. The minimum absolute atomic E-state index is 0.0891. The lowest BCUT2D eigenvalue weighted by molar-refractivity contribution is -0.119. The van der Waals surface area contributed by atoms with Crippen LogP contribution in [0, 0.1) is 5.92 Å². The molecule has 3 nitrogen and oxygen atoms in total. The van der Waals surface area contributed by atoms with Crippen LogP contribution in [0.5, 0.6) is 0 Å². The molecule has 0 unspecified atom stereocenters. The lowest BCUT2D eigenvalue weighted by Crippen LogP contribution is -2.37. The van der Waals surface area contributed by atoms with Gasteiger partial charge < -0.3 is 11.1 Å². The summed E-state index contributed by atoms with van der Waals surface area (Å²) in [7, 11) is 0. The standard InChI is InChI=1S/C9H18N2O/c1-7(12)11-9-4-2-8(6-10)3-5-9/h8-9H,2-6,10H2,1H3,(H,11,12)/t8-,9-. The van der Waals surface area contributed by atoms with E-state index in [1.54, 1.807) is 6.92 Å². The van der Waals surface area contributed by atoms with Gasteiger partial charge in [-0.2, -0.15) is 0 Å². The zero-order valence-electron chi connectivity index (χ0n) is 7.68. The van der Waals surface area contributed by atoms with Gasteiger partial charge in [-0.15, -0.1) is 0 Å². The van der Waals surface area contributed by atoms with Crippen molar-refractivity contribution in [2.45, 2.75) is 38.6 Å². The second kappa shape index (κ2) is 4.45. The van der Waals surface area contributed by atoms with Crippen LogP contribution in [0.25, 0.3) is 0 Å². The zero-order valence-corrected chi connectivity index (χ0v) is 7.68. The molecule has 12 heavy (non-hydrogen) atoms. The minimum atomic E-state index is 0.0891. The second-order valence-electron chi connectivity index (χ2n) is 3.65. The number of hydrogen-bond acceptors (Lipinski definition) is 2. The van der Waals surface area contributed by atoms with E-state index in [1.165, 1.54) is 12.8 Å². The smallest absolute Gasteiger partial charge is 0.217 e. The third-order valence-corrected chi connectivity index (χ3v) is 2.59. The van der Waals surface area contributed by atoms with Gasteiger partial charge in [0.25, 0.3) is 0 Å². The number of amides is 1. The van der Waals surface area contributed by atoms with Crippen molar-refractivity contribution in [3.63, 3.8) is 0 Å². The van der Waals surface area contributed by atoms with Gasteiger partial charge in [-0.1, -0.05) is 0 Å². The Morgan fingerprint density at radius 2 is 2.00 bits per heavy atom. The number of carbonyl (C=O) groups excluding carboxylic acids is 1. The van der Waals surface area contributed by atoms with Gasteiger partial charge in [0.1, 0.15) is 0 Å². The lowest BCUT2D eigenvalue weighted by Gasteiger charge is -2.27. The van der Waals surface area contributed by atoms with Crippen LogP contribution in [0.2, 0.25) is 0 Å². The maximum Gasteiger partial charge on any atom is 0.217 e. The molecular weight excluding hydrogens is 152 g/mol. The van der Waals surface area contributed by atoms with Gasteiger partial charge in [-0.25, -0.2) is 0 Å². The van der Waals surface area contributed by atoms with E-state index >= 15 is 0 Å². The van der Waals surface area contributed by atoms with E-state index in [4.69, 9.17) is 5.73 Å². The van der Waals surface area contributed by atoms with E-state index < -0.39 is 0 Å². The van der Waals surface area contributed by atoms with Gasteiger partial charge in [0, 0.05) is 13.0 Å². The van der Waals surface area contributed by atoms with Crippen LogP contribution in [0.4, 0.5) is 0 Å². The maximum absolute atomic E-state index is 10.7. The SMILES string of the molecule is CC(=O)N[C@H]1CC[C@H](CN)CC1. The largest absolute Gasteiger partial charge is 0.354 e. The summed E-state index contributed by atoms with van der Waals surface area (Å²) in [6.07, 6.45) is 4.53. The Labute approximate surface area is 73.7 Å². The Kier molecular flexibility index (Phi) is 3.53. The Morgan fingerprint density at radius 1 is 1.42 bits per heavy atom. The highest BCUT2D eigenvalue weighted by molar-refractivity contribution is 5.73. The van der Waals surface area contributed by atoms with E-state index in [2.05, 4.69) is 5.32 Å². The van der Waals surface area contributed by atoms with Crippen molar-refractivity contribution >= 4 is 5.91 Å². The monoisotopic (exact) mass is 170 g/mol. The molecule has 0 aromatic heterocycles. The first-order valence-electron chi connectivity index (χ1n) is 4.69. The summed E-state index contributed by atoms with van der Waals surface area (Å²) in [6, 6.07) is 0.408. The molecule has 1 rings (SSSR count). The van der Waals surface area contributed by atoms with Gasteiger partial charge in [0.15, 0.2) is 0 Å². The summed E-state index contributed by atoms with van der Waals surface area (Å²) >= 11 is 0. The van der Waals surface area contributed by atoms with Crippen LogP contribution in [-0.4, -0.2) is 18.5 Å². The number of carbonyl (C=O) groups is 1. The quantitative estimate of drug-likeness (QED) is 0.639. The van der Waals surface area contributed by atoms with Gasteiger partial charge in [0.05, 0.1) is 0 Å². The summed E-state index contributed by atoms with van der Waals surface area (Å²) in [4.78, 5) is 10.7. The van der Waals surface area contributed by atoms with Crippen LogP contribution in [0.1, 0.15) is 32.6 Å². The Bertz CT molecular complexity index is 151. The van der Waals surface area contributed by atoms with Gasteiger partial charge in [-0.3, -0.25) is 4.79 Å². The van der Waals surface area contributed by atoms with Gasteiger partial charge in [-0.05, 0) is 38.1 Å². The van der Waals surface area contributed by atoms with Crippen LogP contribution in [0.3, 0.4) is 0 Å². The van der Waals surface area contributed by atoms with Gasteiger partial charge in [0.2, 0.25) is 5.91 Å². The van der Waals surface area contributed by atoms with E-state index in [0.717, 1.165) is 19.4 Å². The maximum atomic E-state index is 10.7. The first-order chi connectivity index (χ1) is 5.72. The number of rotatable bonds is 2. The second-order valence-corrected chi connectivity index (χ2v) is 3.65. The highest BCUT2D eigenvalue weighted by atomic mass is 16.1. The minimum Gasteiger partial charge on any atom is -0.354 e. The summed E-state index contributed by atoms with van der Waals surface area (Å²) < 4.78 is 0. The van der Waals surface area contributed by atoms with E-state index in [-0.39, 0.29) is 5.91 Å². The predicted molar refractivity (Wildman–Crippen MR) is 48.6 cm³/mol. The molecule has 3 heteroatoms. The molecular formula is C9H18N2O. The Balaban J connectivity index is 2.21. The number of nitrogens with two attached hydrogens (primary N) is 1. The molecule has 3 N–H and O–H groups in total. The van der Waals surface area contributed by atoms with Crippen LogP contribution in [-0.2, 0) is 4.79 Å². The van der Waals surface area contributed by atoms with Crippen LogP contribution >= 0.6 is 0 Å². The average molecular weight is 170 g/mol. The number of hydrogen-bond donors (Lipinski definition) is 2. The van der Waals surface area contributed by atoms with E-state index in [9.17, 15) is 4.79 Å². The zero-order chi connectivity index (χ0) is 8.97. The normalized spacial score (nSPS) is 29.8. The van der Waals surface area contributed by atoms with E-state index in [1.807, 2.05) is 0 Å². The highest BCUT2D eigenvalue weighted by Crippen LogP contribution is 2.22. The first kappa shape index (κ1) is 9.52.